The molecule has 0 saturated carbocycles. The molecule has 0 aliphatic carbocycles. The van der Waals surface area contributed by atoms with E-state index in [2.05, 4.69) is 10.6 Å². The molecule has 5 nitrogen and oxygen atoms in total. The molecule has 0 fully saturated rings. The van der Waals surface area contributed by atoms with Gasteiger partial charge in [0, 0.05) is 24.4 Å². The van der Waals surface area contributed by atoms with Crippen molar-refractivity contribution in [3.8, 4) is 5.75 Å². The summed E-state index contributed by atoms with van der Waals surface area (Å²) in [5, 5.41) is 5.32. The number of halogens is 1. The summed E-state index contributed by atoms with van der Waals surface area (Å²) in [5.41, 5.74) is 1.21. The molecule has 120 valence electrons. The van der Waals surface area contributed by atoms with Crippen molar-refractivity contribution in [3.05, 3.63) is 54.3 Å². The lowest BCUT2D eigenvalue weighted by Crippen LogP contribution is -2.30. The maximum absolute atomic E-state index is 13.1. The lowest BCUT2D eigenvalue weighted by atomic mass is 10.2. The highest BCUT2D eigenvalue weighted by Gasteiger charge is 2.15. The fraction of sp³-hybridized carbons (Fsp3) is 0.176. The van der Waals surface area contributed by atoms with Crippen LogP contribution in [0.15, 0.2) is 48.5 Å². The Morgan fingerprint density at radius 3 is 2.22 bits per heavy atom. The number of benzene rings is 2. The van der Waals surface area contributed by atoms with Crippen molar-refractivity contribution in [3.63, 3.8) is 0 Å². The van der Waals surface area contributed by atoms with Gasteiger partial charge in [0.1, 0.15) is 11.6 Å². The van der Waals surface area contributed by atoms with Crippen molar-refractivity contribution in [2.45, 2.75) is 20.0 Å². The van der Waals surface area contributed by atoms with Crippen molar-refractivity contribution in [1.29, 1.82) is 0 Å². The topological polar surface area (TPSA) is 67.4 Å². The van der Waals surface area contributed by atoms with Gasteiger partial charge in [-0.25, -0.2) is 4.39 Å². The third-order valence-corrected chi connectivity index (χ3v) is 2.95. The maximum atomic E-state index is 13.1. The molecule has 0 unspecified atom stereocenters. The molecular formula is C17H17FN2O3. The van der Waals surface area contributed by atoms with E-state index in [1.165, 1.54) is 25.1 Å². The summed E-state index contributed by atoms with van der Waals surface area (Å²) in [6.45, 7) is 2.99. The SMILES string of the molecule is CC(=O)Nc1ccc(NC(=O)[C@@H](C)Oc2cccc(F)c2)cc1. The largest absolute Gasteiger partial charge is 0.481 e. The molecule has 0 aliphatic rings. The van der Waals surface area contributed by atoms with Crippen LogP contribution in [0.3, 0.4) is 0 Å². The van der Waals surface area contributed by atoms with E-state index in [1.807, 2.05) is 0 Å². The fourth-order valence-corrected chi connectivity index (χ4v) is 1.88. The maximum Gasteiger partial charge on any atom is 0.265 e. The highest BCUT2D eigenvalue weighted by atomic mass is 19.1. The van der Waals surface area contributed by atoms with Crippen LogP contribution in [0.5, 0.6) is 5.75 Å². The number of carbonyl (C=O) groups is 2. The first kappa shape index (κ1) is 16.5. The molecule has 0 spiro atoms. The van der Waals surface area contributed by atoms with E-state index in [9.17, 15) is 14.0 Å². The third kappa shape index (κ3) is 5.10. The molecule has 0 aliphatic heterocycles. The third-order valence-electron chi connectivity index (χ3n) is 2.95. The van der Waals surface area contributed by atoms with Gasteiger partial charge in [-0.2, -0.15) is 0 Å². The van der Waals surface area contributed by atoms with E-state index in [0.717, 1.165) is 0 Å². The summed E-state index contributed by atoms with van der Waals surface area (Å²) >= 11 is 0. The average molecular weight is 316 g/mol. The van der Waals surface area contributed by atoms with Crippen LogP contribution in [-0.4, -0.2) is 17.9 Å². The molecule has 0 aromatic heterocycles. The quantitative estimate of drug-likeness (QED) is 0.890. The molecule has 23 heavy (non-hydrogen) atoms. The zero-order valence-corrected chi connectivity index (χ0v) is 12.8. The molecule has 2 rings (SSSR count). The molecule has 2 aromatic rings. The van der Waals surface area contributed by atoms with Gasteiger partial charge in [0.05, 0.1) is 0 Å². The van der Waals surface area contributed by atoms with Crippen LogP contribution < -0.4 is 15.4 Å². The first-order chi connectivity index (χ1) is 10.9. The van der Waals surface area contributed by atoms with E-state index in [1.54, 1.807) is 37.3 Å². The van der Waals surface area contributed by atoms with Crippen LogP contribution in [0.25, 0.3) is 0 Å². The standard InChI is InChI=1S/C17H17FN2O3/c1-11(23-16-5-3-4-13(18)10-16)17(22)20-15-8-6-14(7-9-15)19-12(2)21/h3-11H,1-2H3,(H,19,21)(H,20,22)/t11-/m1/s1. The van der Waals surface area contributed by atoms with E-state index in [0.29, 0.717) is 11.4 Å². The van der Waals surface area contributed by atoms with Gasteiger partial charge in [-0.3, -0.25) is 9.59 Å². The number of hydrogen-bond donors (Lipinski definition) is 2. The van der Waals surface area contributed by atoms with Crippen LogP contribution in [0.4, 0.5) is 15.8 Å². The van der Waals surface area contributed by atoms with Crippen LogP contribution in [0, 0.1) is 5.82 Å². The van der Waals surface area contributed by atoms with Gasteiger partial charge in [0.25, 0.3) is 5.91 Å². The summed E-state index contributed by atoms with van der Waals surface area (Å²) in [6, 6.07) is 12.3. The van der Waals surface area contributed by atoms with Crippen molar-refractivity contribution in [2.24, 2.45) is 0 Å². The highest BCUT2D eigenvalue weighted by Crippen LogP contribution is 2.16. The Labute approximate surface area is 133 Å². The molecule has 0 heterocycles. The van der Waals surface area contributed by atoms with E-state index >= 15 is 0 Å². The van der Waals surface area contributed by atoms with Gasteiger partial charge in [0.15, 0.2) is 6.10 Å². The monoisotopic (exact) mass is 316 g/mol. The Bertz CT molecular complexity index is 701. The van der Waals surface area contributed by atoms with Crippen LogP contribution >= 0.6 is 0 Å². The number of carbonyl (C=O) groups excluding carboxylic acids is 2. The van der Waals surface area contributed by atoms with Crippen molar-refractivity contribution < 1.29 is 18.7 Å². The van der Waals surface area contributed by atoms with Crippen molar-refractivity contribution in [1.82, 2.24) is 0 Å². The van der Waals surface area contributed by atoms with Gasteiger partial charge in [-0.15, -0.1) is 0 Å². The molecular weight excluding hydrogens is 299 g/mol. The Morgan fingerprint density at radius 1 is 1.04 bits per heavy atom. The Morgan fingerprint density at radius 2 is 1.65 bits per heavy atom. The summed E-state index contributed by atoms with van der Waals surface area (Å²) in [6.07, 6.45) is -0.785. The van der Waals surface area contributed by atoms with E-state index < -0.39 is 11.9 Å². The van der Waals surface area contributed by atoms with Crippen molar-refractivity contribution in [2.75, 3.05) is 10.6 Å². The molecule has 2 aromatic carbocycles. The van der Waals surface area contributed by atoms with E-state index in [-0.39, 0.29) is 17.6 Å². The van der Waals surface area contributed by atoms with Gasteiger partial charge >= 0.3 is 0 Å². The molecule has 0 bridgehead atoms. The number of rotatable bonds is 5. The second kappa shape index (κ2) is 7.40. The lowest BCUT2D eigenvalue weighted by Gasteiger charge is -2.15. The molecule has 0 radical (unpaired) electrons. The minimum atomic E-state index is -0.785. The number of anilines is 2. The summed E-state index contributed by atoms with van der Waals surface area (Å²) in [4.78, 5) is 23.0. The molecule has 6 heteroatoms. The first-order valence-corrected chi connectivity index (χ1v) is 7.05. The molecule has 1 atom stereocenters. The average Bonchev–Trinajstić information content (AvgIpc) is 2.48. The Kier molecular flexibility index (Phi) is 5.30. The lowest BCUT2D eigenvalue weighted by molar-refractivity contribution is -0.122. The normalized spacial score (nSPS) is 11.4. The summed E-state index contributed by atoms with van der Waals surface area (Å²) < 4.78 is 18.5. The number of amides is 2. The smallest absolute Gasteiger partial charge is 0.265 e. The molecule has 2 N–H and O–H groups in total. The zero-order valence-electron chi connectivity index (χ0n) is 12.8. The predicted octanol–water partition coefficient (Wildman–Crippen LogP) is 3.19. The number of hydrogen-bond acceptors (Lipinski definition) is 3. The zero-order chi connectivity index (χ0) is 16.8. The summed E-state index contributed by atoms with van der Waals surface area (Å²) in [7, 11) is 0. The van der Waals surface area contributed by atoms with Crippen molar-refractivity contribution >= 4 is 23.2 Å². The second-order valence-corrected chi connectivity index (χ2v) is 4.97. The van der Waals surface area contributed by atoms with E-state index in [4.69, 9.17) is 4.74 Å². The van der Waals surface area contributed by atoms with Gasteiger partial charge < -0.3 is 15.4 Å². The van der Waals surface area contributed by atoms with Gasteiger partial charge in [-0.05, 0) is 43.3 Å². The Balaban J connectivity index is 1.94. The fourth-order valence-electron chi connectivity index (χ4n) is 1.88. The second-order valence-electron chi connectivity index (χ2n) is 4.97. The number of ether oxygens (including phenoxy) is 1. The molecule has 2 amide bonds. The van der Waals surface area contributed by atoms with Gasteiger partial charge in [-0.1, -0.05) is 6.07 Å². The van der Waals surface area contributed by atoms with Crippen LogP contribution in [0.2, 0.25) is 0 Å². The minimum Gasteiger partial charge on any atom is -0.481 e. The highest BCUT2D eigenvalue weighted by molar-refractivity contribution is 5.94. The summed E-state index contributed by atoms with van der Waals surface area (Å²) in [5.74, 6) is -0.669. The molecule has 0 saturated heterocycles. The van der Waals surface area contributed by atoms with Gasteiger partial charge in [0.2, 0.25) is 5.91 Å². The number of nitrogens with one attached hydrogen (secondary N) is 2. The predicted molar refractivity (Wildman–Crippen MR) is 85.9 cm³/mol. The van der Waals surface area contributed by atoms with Crippen LogP contribution in [-0.2, 0) is 9.59 Å². The minimum absolute atomic E-state index is 0.168. The van der Waals surface area contributed by atoms with Crippen LogP contribution in [0.1, 0.15) is 13.8 Å². The Hall–Kier alpha value is -2.89. The first-order valence-electron chi connectivity index (χ1n) is 7.05.